The second-order valence-corrected chi connectivity index (χ2v) is 8.32. The summed E-state index contributed by atoms with van der Waals surface area (Å²) in [6.45, 7) is 2.33. The topological polar surface area (TPSA) is 51.7 Å². The van der Waals surface area contributed by atoms with Gasteiger partial charge in [0.1, 0.15) is 5.75 Å². The molecule has 1 fully saturated rings. The molecule has 5 rings (SSSR count). The van der Waals surface area contributed by atoms with Gasteiger partial charge in [-0.05, 0) is 29.6 Å². The Morgan fingerprint density at radius 2 is 1.90 bits per heavy atom. The molecule has 1 saturated heterocycles. The van der Waals surface area contributed by atoms with E-state index in [0.717, 1.165) is 38.4 Å². The van der Waals surface area contributed by atoms with E-state index in [4.69, 9.17) is 14.5 Å². The molecule has 0 bridgehead atoms. The molecular formula is C25H22N2O3S. The first-order valence-corrected chi connectivity index (χ1v) is 11.1. The minimum Gasteiger partial charge on any atom is -0.497 e. The van der Waals surface area contributed by atoms with Gasteiger partial charge in [-0.15, -0.1) is 11.3 Å². The monoisotopic (exact) mass is 430 g/mol. The van der Waals surface area contributed by atoms with Gasteiger partial charge in [-0.2, -0.15) is 0 Å². The van der Waals surface area contributed by atoms with Gasteiger partial charge in [-0.3, -0.25) is 4.79 Å². The summed E-state index contributed by atoms with van der Waals surface area (Å²) in [7, 11) is 1.65. The number of para-hydroxylation sites is 1. The van der Waals surface area contributed by atoms with Crippen LogP contribution in [0.5, 0.6) is 5.75 Å². The molecule has 0 spiro atoms. The van der Waals surface area contributed by atoms with Crippen molar-refractivity contribution in [3.63, 3.8) is 0 Å². The highest BCUT2D eigenvalue weighted by molar-refractivity contribution is 7.13. The average molecular weight is 431 g/mol. The van der Waals surface area contributed by atoms with E-state index in [2.05, 4.69) is 17.5 Å². The first-order valence-electron chi connectivity index (χ1n) is 10.2. The normalized spacial score (nSPS) is 14.0. The van der Waals surface area contributed by atoms with Gasteiger partial charge in [-0.1, -0.05) is 36.4 Å². The molecule has 0 atom stereocenters. The van der Waals surface area contributed by atoms with Gasteiger partial charge < -0.3 is 14.4 Å². The highest BCUT2D eigenvalue weighted by Gasteiger charge is 2.23. The average Bonchev–Trinajstić information content (AvgIpc) is 3.38. The Kier molecular flexibility index (Phi) is 5.40. The maximum atomic E-state index is 13.5. The quantitative estimate of drug-likeness (QED) is 0.451. The number of hydrogen-bond donors (Lipinski definition) is 0. The summed E-state index contributed by atoms with van der Waals surface area (Å²) < 4.78 is 10.8. The van der Waals surface area contributed by atoms with Gasteiger partial charge in [0.15, 0.2) is 0 Å². The summed E-state index contributed by atoms with van der Waals surface area (Å²) in [6, 6.07) is 19.9. The number of nitrogens with zero attached hydrogens (tertiary/aromatic N) is 2. The summed E-state index contributed by atoms with van der Waals surface area (Å²) in [6.07, 6.45) is 0. The Morgan fingerprint density at radius 3 is 2.68 bits per heavy atom. The van der Waals surface area contributed by atoms with Crippen LogP contribution in [0.4, 0.5) is 0 Å². The number of carbonyl (C=O) groups is 1. The van der Waals surface area contributed by atoms with Gasteiger partial charge in [0.25, 0.3) is 5.91 Å². The van der Waals surface area contributed by atoms with Crippen molar-refractivity contribution < 1.29 is 14.3 Å². The van der Waals surface area contributed by atoms with E-state index in [1.54, 1.807) is 18.4 Å². The molecule has 5 nitrogen and oxygen atoms in total. The molecule has 0 aliphatic carbocycles. The molecule has 0 saturated carbocycles. The van der Waals surface area contributed by atoms with Crippen molar-refractivity contribution in [2.45, 2.75) is 0 Å². The molecule has 6 heteroatoms. The van der Waals surface area contributed by atoms with Gasteiger partial charge in [0, 0.05) is 34.5 Å². The fourth-order valence-corrected chi connectivity index (χ4v) is 4.68. The lowest BCUT2D eigenvalue weighted by molar-refractivity contribution is 0.0304. The predicted molar refractivity (Wildman–Crippen MR) is 124 cm³/mol. The lowest BCUT2D eigenvalue weighted by Gasteiger charge is -2.27. The Labute approximate surface area is 184 Å². The van der Waals surface area contributed by atoms with Crippen LogP contribution >= 0.6 is 11.3 Å². The Morgan fingerprint density at radius 1 is 1.06 bits per heavy atom. The van der Waals surface area contributed by atoms with E-state index in [9.17, 15) is 4.79 Å². The van der Waals surface area contributed by atoms with Crippen LogP contribution in [0, 0.1) is 0 Å². The van der Waals surface area contributed by atoms with E-state index in [1.165, 1.54) is 0 Å². The number of morpholine rings is 1. The number of aromatic nitrogens is 1. The van der Waals surface area contributed by atoms with Crippen LogP contribution in [0.15, 0.2) is 66.0 Å². The number of hydrogen-bond acceptors (Lipinski definition) is 5. The summed E-state index contributed by atoms with van der Waals surface area (Å²) >= 11 is 1.67. The zero-order chi connectivity index (χ0) is 21.2. The number of carbonyl (C=O) groups excluding carboxylic acids is 1. The molecule has 0 N–H and O–H groups in total. The number of rotatable bonds is 4. The first-order chi connectivity index (χ1) is 15.2. The molecule has 3 heterocycles. The smallest absolute Gasteiger partial charge is 0.254 e. The number of fused-ring (bicyclic) bond motifs is 1. The van der Waals surface area contributed by atoms with Gasteiger partial charge in [-0.25, -0.2) is 4.98 Å². The summed E-state index contributed by atoms with van der Waals surface area (Å²) in [5.41, 5.74) is 4.21. The third kappa shape index (κ3) is 3.80. The lowest BCUT2D eigenvalue weighted by Crippen LogP contribution is -2.40. The molecule has 2 aromatic carbocycles. The zero-order valence-electron chi connectivity index (χ0n) is 17.2. The van der Waals surface area contributed by atoms with Crippen LogP contribution in [-0.2, 0) is 4.74 Å². The largest absolute Gasteiger partial charge is 0.497 e. The third-order valence-electron chi connectivity index (χ3n) is 5.52. The fraction of sp³-hybridized carbons (Fsp3) is 0.200. The van der Waals surface area contributed by atoms with Crippen LogP contribution in [0.1, 0.15) is 10.4 Å². The van der Waals surface area contributed by atoms with E-state index < -0.39 is 0 Å². The van der Waals surface area contributed by atoms with Crippen LogP contribution in [0.25, 0.3) is 32.6 Å². The minimum atomic E-state index is 0.0168. The van der Waals surface area contributed by atoms with Crippen molar-refractivity contribution in [1.29, 1.82) is 0 Å². The highest BCUT2D eigenvalue weighted by Crippen LogP contribution is 2.35. The van der Waals surface area contributed by atoms with Gasteiger partial charge >= 0.3 is 0 Å². The summed E-state index contributed by atoms with van der Waals surface area (Å²) in [4.78, 5) is 21.6. The third-order valence-corrected chi connectivity index (χ3v) is 6.42. The van der Waals surface area contributed by atoms with Gasteiger partial charge in [0.05, 0.1) is 37.1 Å². The van der Waals surface area contributed by atoms with Crippen molar-refractivity contribution in [2.75, 3.05) is 33.4 Å². The Balaban J connectivity index is 1.74. The summed E-state index contributed by atoms with van der Waals surface area (Å²) in [5.74, 6) is 0.773. The van der Waals surface area contributed by atoms with E-state index >= 15 is 0 Å². The second-order valence-electron chi connectivity index (χ2n) is 7.37. The first kappa shape index (κ1) is 19.7. The number of pyridine rings is 1. The molecule has 0 radical (unpaired) electrons. The molecule has 1 amide bonds. The van der Waals surface area contributed by atoms with Crippen LogP contribution in [0.2, 0.25) is 0 Å². The second kappa shape index (κ2) is 8.49. The maximum absolute atomic E-state index is 13.5. The molecule has 4 aromatic rings. The van der Waals surface area contributed by atoms with Crippen molar-refractivity contribution >= 4 is 28.1 Å². The summed E-state index contributed by atoms with van der Waals surface area (Å²) in [5, 5.41) is 2.92. The number of methoxy groups -OCH3 is 1. The van der Waals surface area contributed by atoms with E-state index in [-0.39, 0.29) is 5.91 Å². The van der Waals surface area contributed by atoms with Gasteiger partial charge in [0.2, 0.25) is 0 Å². The number of ether oxygens (including phenoxy) is 2. The zero-order valence-corrected chi connectivity index (χ0v) is 18.0. The van der Waals surface area contributed by atoms with E-state index in [0.29, 0.717) is 31.9 Å². The number of thiophene rings is 1. The molecule has 31 heavy (non-hydrogen) atoms. The SMILES string of the molecule is COc1cccc(-c2cc(C(=O)N3CCOCC3)c3cccc(-c4cccs4)c3n2)c1. The molecule has 1 aliphatic rings. The maximum Gasteiger partial charge on any atom is 0.254 e. The molecule has 2 aromatic heterocycles. The highest BCUT2D eigenvalue weighted by atomic mass is 32.1. The van der Waals surface area contributed by atoms with E-state index in [1.807, 2.05) is 53.4 Å². The minimum absolute atomic E-state index is 0.0168. The fourth-order valence-electron chi connectivity index (χ4n) is 3.92. The molecular weight excluding hydrogens is 408 g/mol. The lowest BCUT2D eigenvalue weighted by atomic mass is 9.99. The van der Waals surface area contributed by atoms with Crippen LogP contribution in [-0.4, -0.2) is 49.2 Å². The number of benzene rings is 2. The van der Waals surface area contributed by atoms with Crippen molar-refractivity contribution in [3.05, 3.63) is 71.6 Å². The van der Waals surface area contributed by atoms with Crippen molar-refractivity contribution in [3.8, 4) is 27.4 Å². The molecule has 1 aliphatic heterocycles. The van der Waals surface area contributed by atoms with Crippen molar-refractivity contribution in [2.24, 2.45) is 0 Å². The van der Waals surface area contributed by atoms with Crippen LogP contribution < -0.4 is 4.74 Å². The van der Waals surface area contributed by atoms with Crippen molar-refractivity contribution in [1.82, 2.24) is 9.88 Å². The van der Waals surface area contributed by atoms with Crippen LogP contribution in [0.3, 0.4) is 0 Å². The predicted octanol–water partition coefficient (Wildman–Crippen LogP) is 5.11. The Bertz CT molecular complexity index is 1230. The molecule has 156 valence electrons. The number of amides is 1. The molecule has 0 unspecified atom stereocenters. The standard InChI is InChI=1S/C25H22N2O3S/c1-29-18-6-2-5-17(15-18)22-16-21(25(28)27-10-12-30-13-11-27)19-7-3-8-20(24(19)26-22)23-9-4-14-31-23/h2-9,14-16H,10-13H2,1H3. The Hall–Kier alpha value is -3.22.